The summed E-state index contributed by atoms with van der Waals surface area (Å²) in [7, 11) is 0. The third-order valence-corrected chi connectivity index (χ3v) is 2.97. The number of esters is 2. The SMILES string of the molecule is CCOC(=O)c1c(C(=O)OCC)c(O)c2ncccc2c1O. The summed E-state index contributed by atoms with van der Waals surface area (Å²) in [6.07, 6.45) is 1.39. The number of benzene rings is 1. The quantitative estimate of drug-likeness (QED) is 0.657. The van der Waals surface area contributed by atoms with Crippen LogP contribution in [0.3, 0.4) is 0 Å². The molecule has 0 saturated heterocycles. The fourth-order valence-electron chi connectivity index (χ4n) is 2.08. The number of pyridine rings is 1. The Balaban J connectivity index is 2.83. The third-order valence-electron chi connectivity index (χ3n) is 2.97. The number of carbonyl (C=O) groups is 2. The Morgan fingerprint density at radius 3 is 2.14 bits per heavy atom. The van der Waals surface area contributed by atoms with Crippen molar-refractivity contribution in [2.75, 3.05) is 13.2 Å². The van der Waals surface area contributed by atoms with Gasteiger partial charge in [-0.05, 0) is 26.0 Å². The lowest BCUT2D eigenvalue weighted by Crippen LogP contribution is -2.15. The van der Waals surface area contributed by atoms with Crippen LogP contribution in [0.5, 0.6) is 11.5 Å². The number of carbonyl (C=O) groups excluding carboxylic acids is 2. The lowest BCUT2D eigenvalue weighted by atomic mass is 10.0. The van der Waals surface area contributed by atoms with Crippen LogP contribution in [0, 0.1) is 0 Å². The summed E-state index contributed by atoms with van der Waals surface area (Å²) in [4.78, 5) is 28.1. The van der Waals surface area contributed by atoms with Crippen molar-refractivity contribution in [2.24, 2.45) is 0 Å². The highest BCUT2D eigenvalue weighted by Crippen LogP contribution is 2.39. The molecule has 0 radical (unpaired) electrons. The van der Waals surface area contributed by atoms with Gasteiger partial charge in [-0.1, -0.05) is 0 Å². The third kappa shape index (κ3) is 2.52. The highest BCUT2D eigenvalue weighted by molar-refractivity contribution is 6.13. The Kier molecular flexibility index (Phi) is 4.45. The van der Waals surface area contributed by atoms with Crippen molar-refractivity contribution in [1.29, 1.82) is 0 Å². The molecule has 0 aliphatic heterocycles. The minimum absolute atomic E-state index is 0.00361. The highest BCUT2D eigenvalue weighted by Gasteiger charge is 2.30. The maximum Gasteiger partial charge on any atom is 0.343 e. The van der Waals surface area contributed by atoms with Gasteiger partial charge < -0.3 is 19.7 Å². The predicted octanol–water partition coefficient (Wildman–Crippen LogP) is 2.00. The maximum absolute atomic E-state index is 12.1. The van der Waals surface area contributed by atoms with Crippen molar-refractivity contribution in [1.82, 2.24) is 4.98 Å². The summed E-state index contributed by atoms with van der Waals surface area (Å²) >= 11 is 0. The van der Waals surface area contributed by atoms with Gasteiger partial charge in [0.15, 0.2) is 5.75 Å². The second-order valence-electron chi connectivity index (χ2n) is 4.29. The zero-order valence-electron chi connectivity index (χ0n) is 12.1. The molecule has 116 valence electrons. The monoisotopic (exact) mass is 305 g/mol. The van der Waals surface area contributed by atoms with Crippen LogP contribution in [-0.2, 0) is 9.47 Å². The number of aromatic hydroxyl groups is 2. The topological polar surface area (TPSA) is 106 Å². The Labute approximate surface area is 126 Å². The Bertz CT molecular complexity index is 678. The lowest BCUT2D eigenvalue weighted by molar-refractivity contribution is 0.0473. The van der Waals surface area contributed by atoms with Gasteiger partial charge in [-0.3, -0.25) is 4.98 Å². The molecule has 0 unspecified atom stereocenters. The molecule has 0 aliphatic rings. The van der Waals surface area contributed by atoms with E-state index in [-0.39, 0.29) is 24.1 Å². The summed E-state index contributed by atoms with van der Waals surface area (Å²) in [5, 5.41) is 20.7. The number of hydrogen-bond donors (Lipinski definition) is 2. The number of phenols is 2. The standard InChI is InChI=1S/C15H15NO6/c1-3-21-14(19)9-10(15(20)22-4-2)13(18)11-8(12(9)17)6-5-7-16-11/h5-7,17-18H,3-4H2,1-2H3. The molecule has 7 nitrogen and oxygen atoms in total. The number of ether oxygens (including phenoxy) is 2. The zero-order chi connectivity index (χ0) is 16.3. The van der Waals surface area contributed by atoms with Gasteiger partial charge >= 0.3 is 11.9 Å². The normalized spacial score (nSPS) is 10.5. The van der Waals surface area contributed by atoms with Gasteiger partial charge in [0.1, 0.15) is 22.4 Å². The Hall–Kier alpha value is -2.83. The van der Waals surface area contributed by atoms with Crippen LogP contribution < -0.4 is 0 Å². The van der Waals surface area contributed by atoms with E-state index in [9.17, 15) is 19.8 Å². The molecule has 22 heavy (non-hydrogen) atoms. The first-order valence-corrected chi connectivity index (χ1v) is 6.69. The molecule has 7 heteroatoms. The number of nitrogens with zero attached hydrogens (tertiary/aromatic N) is 1. The second kappa shape index (κ2) is 6.30. The molecule has 1 heterocycles. The summed E-state index contributed by atoms with van der Waals surface area (Å²) in [5.74, 6) is -2.88. The van der Waals surface area contributed by atoms with Crippen molar-refractivity contribution >= 4 is 22.8 Å². The minimum Gasteiger partial charge on any atom is -0.506 e. The smallest absolute Gasteiger partial charge is 0.343 e. The molecule has 0 atom stereocenters. The molecule has 0 fully saturated rings. The number of rotatable bonds is 4. The van der Waals surface area contributed by atoms with E-state index in [4.69, 9.17) is 9.47 Å². The van der Waals surface area contributed by atoms with E-state index in [1.54, 1.807) is 13.8 Å². The summed E-state index contributed by atoms with van der Waals surface area (Å²) in [6, 6.07) is 3.00. The molecular weight excluding hydrogens is 290 g/mol. The van der Waals surface area contributed by atoms with Crippen molar-refractivity contribution in [3.63, 3.8) is 0 Å². The van der Waals surface area contributed by atoms with Gasteiger partial charge in [0.05, 0.1) is 13.2 Å². The van der Waals surface area contributed by atoms with Crippen LogP contribution in [0.15, 0.2) is 18.3 Å². The van der Waals surface area contributed by atoms with Crippen LogP contribution in [0.25, 0.3) is 10.9 Å². The first-order valence-electron chi connectivity index (χ1n) is 6.69. The first-order chi connectivity index (χ1) is 10.5. The Morgan fingerprint density at radius 2 is 1.59 bits per heavy atom. The van der Waals surface area contributed by atoms with E-state index in [1.807, 2.05) is 0 Å². The van der Waals surface area contributed by atoms with Gasteiger partial charge in [-0.25, -0.2) is 9.59 Å². The van der Waals surface area contributed by atoms with Gasteiger partial charge in [-0.2, -0.15) is 0 Å². The highest BCUT2D eigenvalue weighted by atomic mass is 16.5. The fourth-order valence-corrected chi connectivity index (χ4v) is 2.08. The molecule has 0 bridgehead atoms. The molecule has 0 aliphatic carbocycles. The minimum atomic E-state index is -0.939. The van der Waals surface area contributed by atoms with Gasteiger partial charge in [-0.15, -0.1) is 0 Å². The molecule has 2 aromatic rings. The van der Waals surface area contributed by atoms with E-state index < -0.39 is 34.6 Å². The summed E-state index contributed by atoms with van der Waals surface area (Å²) in [5.41, 5.74) is -0.890. The number of phenolic OH excluding ortho intramolecular Hbond substituents is 2. The molecule has 1 aromatic carbocycles. The van der Waals surface area contributed by atoms with Gasteiger partial charge in [0.25, 0.3) is 0 Å². The van der Waals surface area contributed by atoms with E-state index >= 15 is 0 Å². The van der Waals surface area contributed by atoms with E-state index in [0.717, 1.165) is 0 Å². The van der Waals surface area contributed by atoms with Crippen molar-refractivity contribution in [3.05, 3.63) is 29.5 Å². The molecule has 0 saturated carbocycles. The van der Waals surface area contributed by atoms with Crippen molar-refractivity contribution < 1.29 is 29.3 Å². The van der Waals surface area contributed by atoms with E-state index in [2.05, 4.69) is 4.98 Å². The Morgan fingerprint density at radius 1 is 1.05 bits per heavy atom. The second-order valence-corrected chi connectivity index (χ2v) is 4.29. The lowest BCUT2D eigenvalue weighted by Gasteiger charge is -2.14. The van der Waals surface area contributed by atoms with E-state index in [1.165, 1.54) is 18.3 Å². The first kappa shape index (κ1) is 15.6. The van der Waals surface area contributed by atoms with Crippen LogP contribution in [0.1, 0.15) is 34.6 Å². The van der Waals surface area contributed by atoms with Crippen LogP contribution in [-0.4, -0.2) is 40.3 Å². The predicted molar refractivity (Wildman–Crippen MR) is 77.0 cm³/mol. The molecule has 0 amide bonds. The zero-order valence-corrected chi connectivity index (χ0v) is 12.1. The van der Waals surface area contributed by atoms with Crippen molar-refractivity contribution in [2.45, 2.75) is 13.8 Å². The fraction of sp³-hybridized carbons (Fsp3) is 0.267. The van der Waals surface area contributed by atoms with Gasteiger partial charge in [0, 0.05) is 11.6 Å². The molecule has 1 aromatic heterocycles. The van der Waals surface area contributed by atoms with Crippen LogP contribution in [0.2, 0.25) is 0 Å². The number of fused-ring (bicyclic) bond motifs is 1. The molecular formula is C15H15NO6. The molecule has 2 N–H and O–H groups in total. The number of aromatic nitrogens is 1. The van der Waals surface area contributed by atoms with Crippen molar-refractivity contribution in [3.8, 4) is 11.5 Å². The summed E-state index contributed by atoms with van der Waals surface area (Å²) < 4.78 is 9.68. The average Bonchev–Trinajstić information content (AvgIpc) is 2.51. The average molecular weight is 305 g/mol. The van der Waals surface area contributed by atoms with Crippen LogP contribution >= 0.6 is 0 Å². The maximum atomic E-state index is 12.1. The van der Waals surface area contributed by atoms with Gasteiger partial charge in [0.2, 0.25) is 0 Å². The van der Waals surface area contributed by atoms with E-state index in [0.29, 0.717) is 0 Å². The van der Waals surface area contributed by atoms with Crippen LogP contribution in [0.4, 0.5) is 0 Å². The molecule has 2 rings (SSSR count). The summed E-state index contributed by atoms with van der Waals surface area (Å²) in [6.45, 7) is 3.26. The number of hydrogen-bond acceptors (Lipinski definition) is 7. The largest absolute Gasteiger partial charge is 0.506 e. The molecule has 0 spiro atoms.